The summed E-state index contributed by atoms with van der Waals surface area (Å²) in [5, 5.41) is 9.93. The topological polar surface area (TPSA) is 122 Å². The first-order valence-corrected chi connectivity index (χ1v) is 14.0. The Bertz CT molecular complexity index is 1570. The fraction of sp³-hybridized carbons (Fsp3) is 0.355. The molecule has 0 saturated carbocycles. The van der Waals surface area contributed by atoms with Crippen molar-refractivity contribution in [1.29, 1.82) is 0 Å². The largest absolute Gasteiger partial charge is 0.448 e. The van der Waals surface area contributed by atoms with Crippen molar-refractivity contribution in [1.82, 2.24) is 24.9 Å². The first-order valence-electron chi connectivity index (χ1n) is 14.0. The van der Waals surface area contributed by atoms with Gasteiger partial charge in [-0.05, 0) is 51.1 Å². The van der Waals surface area contributed by atoms with Gasteiger partial charge < -0.3 is 24.7 Å². The van der Waals surface area contributed by atoms with E-state index in [1.165, 1.54) is 6.07 Å². The van der Waals surface area contributed by atoms with Crippen molar-refractivity contribution in [2.75, 3.05) is 45.2 Å². The van der Waals surface area contributed by atoms with Gasteiger partial charge in [-0.15, -0.1) is 5.10 Å². The number of ether oxygens (including phenoxy) is 1. The molecule has 1 fully saturated rings. The Kier molecular flexibility index (Phi) is 8.41. The predicted octanol–water partition coefficient (Wildman–Crippen LogP) is 4.30. The Hall–Kier alpha value is -4.48. The molecule has 2 aromatic heterocycles. The summed E-state index contributed by atoms with van der Waals surface area (Å²) < 4.78 is 12.0. The monoisotopic (exact) mass is 572 g/mol. The molecule has 5 rings (SSSR count). The van der Waals surface area contributed by atoms with Gasteiger partial charge in [-0.3, -0.25) is 14.5 Å². The van der Waals surface area contributed by atoms with E-state index in [-0.39, 0.29) is 29.3 Å². The molecular formula is C31H36N6O5. The van der Waals surface area contributed by atoms with Gasteiger partial charge in [0.2, 0.25) is 0 Å². The lowest BCUT2D eigenvalue weighted by Gasteiger charge is -2.32. The average Bonchev–Trinajstić information content (AvgIpc) is 3.56. The van der Waals surface area contributed by atoms with Crippen LogP contribution in [0.1, 0.15) is 52.8 Å². The highest BCUT2D eigenvalue weighted by atomic mass is 16.6. The molecule has 4 aromatic rings. The number of fused-ring (bicyclic) bond motifs is 1. The number of hydrogen-bond acceptors (Lipinski definition) is 8. The van der Waals surface area contributed by atoms with E-state index in [1.54, 1.807) is 19.1 Å². The number of carbonyl (C=O) groups excluding carboxylic acids is 3. The molecule has 42 heavy (non-hydrogen) atoms. The van der Waals surface area contributed by atoms with Gasteiger partial charge in [-0.1, -0.05) is 42.5 Å². The third kappa shape index (κ3) is 6.37. The Labute approximate surface area is 244 Å². The van der Waals surface area contributed by atoms with Crippen LogP contribution in [-0.2, 0) is 16.8 Å². The first-order chi connectivity index (χ1) is 20.1. The van der Waals surface area contributed by atoms with Crippen LogP contribution in [0.4, 0.5) is 10.6 Å². The number of nitrogens with zero attached hydrogens (tertiary/aromatic N) is 4. The lowest BCUT2D eigenvalue weighted by atomic mass is 9.94. The van der Waals surface area contributed by atoms with Crippen LogP contribution in [-0.4, -0.2) is 77.3 Å². The molecule has 220 valence electrons. The molecule has 0 spiro atoms. The third-order valence-corrected chi connectivity index (χ3v) is 7.39. The van der Waals surface area contributed by atoms with E-state index < -0.39 is 23.4 Å². The Morgan fingerprint density at radius 2 is 1.67 bits per heavy atom. The molecule has 1 aliphatic heterocycles. The minimum Gasteiger partial charge on any atom is -0.448 e. The zero-order valence-corrected chi connectivity index (χ0v) is 24.3. The summed E-state index contributed by atoms with van der Waals surface area (Å²) in [6, 6.07) is 18.3. The summed E-state index contributed by atoms with van der Waals surface area (Å²) in [4.78, 5) is 43.7. The van der Waals surface area contributed by atoms with Gasteiger partial charge in [0, 0.05) is 44.4 Å². The normalized spacial score (nSPS) is 14.6. The number of amides is 2. The van der Waals surface area contributed by atoms with E-state index >= 15 is 0 Å². The van der Waals surface area contributed by atoms with Gasteiger partial charge in [-0.2, -0.15) is 4.68 Å². The number of rotatable bonds is 8. The molecule has 0 unspecified atom stereocenters. The van der Waals surface area contributed by atoms with Crippen molar-refractivity contribution in [3.63, 3.8) is 0 Å². The second kappa shape index (κ2) is 12.2. The first kappa shape index (κ1) is 29.0. The van der Waals surface area contributed by atoms with E-state index in [0.29, 0.717) is 5.56 Å². The number of aromatic nitrogens is 2. The van der Waals surface area contributed by atoms with E-state index in [2.05, 4.69) is 32.6 Å². The van der Waals surface area contributed by atoms with Gasteiger partial charge in [0.05, 0.1) is 12.1 Å². The van der Waals surface area contributed by atoms with Crippen molar-refractivity contribution in [3.8, 4) is 0 Å². The Morgan fingerprint density at radius 3 is 2.33 bits per heavy atom. The van der Waals surface area contributed by atoms with E-state index in [1.807, 2.05) is 56.3 Å². The van der Waals surface area contributed by atoms with Crippen LogP contribution in [0.3, 0.4) is 0 Å². The molecular weight excluding hydrogens is 536 g/mol. The fourth-order valence-electron chi connectivity index (χ4n) is 4.90. The maximum atomic E-state index is 13.2. The number of hydrogen-bond donors (Lipinski definition) is 2. The van der Waals surface area contributed by atoms with Crippen LogP contribution in [0.2, 0.25) is 0 Å². The second-order valence-corrected chi connectivity index (χ2v) is 11.0. The number of likely N-dealkylation sites (N-methyl/N-ethyl adjacent to an activating group) is 1. The predicted molar refractivity (Wildman–Crippen MR) is 159 cm³/mol. The van der Waals surface area contributed by atoms with E-state index in [4.69, 9.17) is 9.15 Å². The molecule has 0 bridgehead atoms. The van der Waals surface area contributed by atoms with Crippen LogP contribution in [0.15, 0.2) is 65.1 Å². The molecule has 11 heteroatoms. The van der Waals surface area contributed by atoms with Crippen molar-refractivity contribution in [2.45, 2.75) is 32.9 Å². The van der Waals surface area contributed by atoms with Gasteiger partial charge >= 0.3 is 6.09 Å². The number of carbonyl (C=O) groups is 3. The molecule has 1 aliphatic rings. The number of piperazine rings is 1. The van der Waals surface area contributed by atoms with Crippen LogP contribution in [0, 0.1) is 0 Å². The highest BCUT2D eigenvalue weighted by Gasteiger charge is 2.28. The van der Waals surface area contributed by atoms with E-state index in [9.17, 15) is 14.4 Å². The zero-order valence-electron chi connectivity index (χ0n) is 24.3. The summed E-state index contributed by atoms with van der Waals surface area (Å²) in [6.45, 7) is 10.5. The highest BCUT2D eigenvalue weighted by Crippen LogP contribution is 2.29. The van der Waals surface area contributed by atoms with Gasteiger partial charge in [-0.25, -0.2) is 4.79 Å². The molecule has 0 aliphatic carbocycles. The number of nitrogens with one attached hydrogen (secondary N) is 2. The van der Waals surface area contributed by atoms with Gasteiger partial charge in [0.25, 0.3) is 11.8 Å². The van der Waals surface area contributed by atoms with Crippen LogP contribution in [0.5, 0.6) is 0 Å². The fourth-order valence-corrected chi connectivity index (χ4v) is 4.90. The molecule has 0 atom stereocenters. The minimum atomic E-state index is -0.756. The van der Waals surface area contributed by atoms with Crippen LogP contribution < -0.4 is 10.6 Å². The molecule has 2 N–H and O–H groups in total. The minimum absolute atomic E-state index is 0.00550. The molecule has 3 heterocycles. The SMILES string of the molecule is CCOC(=O)n1nc(NC(=O)c2ccc(CN3CCN(C)CC3)cc2)c2oc(C(=O)NC(C)(C)c3ccccc3)cc21. The molecule has 2 aromatic carbocycles. The summed E-state index contributed by atoms with van der Waals surface area (Å²) in [6.07, 6.45) is -0.756. The Balaban J connectivity index is 1.35. The number of furan rings is 1. The zero-order chi connectivity index (χ0) is 29.9. The van der Waals surface area contributed by atoms with E-state index in [0.717, 1.165) is 48.5 Å². The van der Waals surface area contributed by atoms with Crippen molar-refractivity contribution in [3.05, 3.63) is 83.1 Å². The summed E-state index contributed by atoms with van der Waals surface area (Å²) in [7, 11) is 2.12. The van der Waals surface area contributed by atoms with Crippen LogP contribution in [0.25, 0.3) is 11.1 Å². The maximum Gasteiger partial charge on any atom is 0.435 e. The quantitative estimate of drug-likeness (QED) is 0.321. The number of anilines is 1. The van der Waals surface area contributed by atoms with Crippen molar-refractivity contribution >= 4 is 34.8 Å². The molecule has 0 radical (unpaired) electrons. The number of benzene rings is 2. The molecule has 1 saturated heterocycles. The van der Waals surface area contributed by atoms with Crippen molar-refractivity contribution in [2.24, 2.45) is 0 Å². The lowest BCUT2D eigenvalue weighted by Crippen LogP contribution is -2.43. The third-order valence-electron chi connectivity index (χ3n) is 7.39. The highest BCUT2D eigenvalue weighted by molar-refractivity contribution is 6.08. The maximum absolute atomic E-state index is 13.2. The molecule has 11 nitrogen and oxygen atoms in total. The smallest absolute Gasteiger partial charge is 0.435 e. The standard InChI is InChI=1S/C31H36N6O5/c1-5-41-30(40)37-24-19-25(29(39)33-31(2,3)23-9-7-6-8-10-23)42-26(24)27(34-37)32-28(38)22-13-11-21(12-14-22)20-36-17-15-35(4)16-18-36/h6-14,19H,5,15-18,20H2,1-4H3,(H,33,39)(H,32,34,38). The summed E-state index contributed by atoms with van der Waals surface area (Å²) in [5.41, 5.74) is 2.04. The Morgan fingerprint density at radius 1 is 0.976 bits per heavy atom. The second-order valence-electron chi connectivity index (χ2n) is 11.0. The lowest BCUT2D eigenvalue weighted by molar-refractivity contribution is 0.0885. The van der Waals surface area contributed by atoms with Gasteiger partial charge in [0.1, 0.15) is 5.52 Å². The summed E-state index contributed by atoms with van der Waals surface area (Å²) >= 11 is 0. The summed E-state index contributed by atoms with van der Waals surface area (Å²) in [5.74, 6) is -0.938. The van der Waals surface area contributed by atoms with Gasteiger partial charge in [0.15, 0.2) is 17.2 Å². The average molecular weight is 573 g/mol. The molecule has 2 amide bonds. The van der Waals surface area contributed by atoms with Crippen molar-refractivity contribution < 1.29 is 23.5 Å². The van der Waals surface area contributed by atoms with Crippen LogP contribution >= 0.6 is 0 Å².